The zero-order valence-electron chi connectivity index (χ0n) is 9.21. The molecule has 0 fully saturated rings. The molecule has 0 saturated heterocycles. The topological polar surface area (TPSA) is 21.6 Å². The van der Waals surface area contributed by atoms with Crippen molar-refractivity contribution in [1.82, 2.24) is 0 Å². The average Bonchev–Trinajstić information content (AvgIpc) is 2.23. The van der Waals surface area contributed by atoms with Crippen molar-refractivity contribution in [3.63, 3.8) is 0 Å². The molecular formula is C12H13F2NO. The number of hydrogen-bond acceptors (Lipinski definition) is 2. The Kier molecular flexibility index (Phi) is 2.45. The summed E-state index contributed by atoms with van der Waals surface area (Å²) in [5, 5.41) is 0. The van der Waals surface area contributed by atoms with Crippen LogP contribution < -0.4 is 0 Å². The molecule has 2 atom stereocenters. The van der Waals surface area contributed by atoms with Gasteiger partial charge in [0.2, 0.25) is 0 Å². The number of ether oxygens (including phenoxy) is 1. The van der Waals surface area contributed by atoms with Crippen LogP contribution in [0.2, 0.25) is 0 Å². The number of rotatable bonds is 1. The van der Waals surface area contributed by atoms with Crippen molar-refractivity contribution in [1.29, 1.82) is 0 Å². The predicted octanol–water partition coefficient (Wildman–Crippen LogP) is 2.83. The summed E-state index contributed by atoms with van der Waals surface area (Å²) in [6.45, 7) is 2.82. The second kappa shape index (κ2) is 3.54. The molecule has 1 aliphatic rings. The van der Waals surface area contributed by atoms with Gasteiger partial charge in [-0.25, -0.2) is 13.8 Å². The molecule has 86 valence electrons. The number of halogens is 2. The van der Waals surface area contributed by atoms with Gasteiger partial charge in [-0.3, -0.25) is 0 Å². The van der Waals surface area contributed by atoms with Gasteiger partial charge in [-0.15, -0.1) is 0 Å². The summed E-state index contributed by atoms with van der Waals surface area (Å²) in [5.74, 6) is -0.451. The molecule has 16 heavy (non-hydrogen) atoms. The highest BCUT2D eigenvalue weighted by Crippen LogP contribution is 2.42. The van der Waals surface area contributed by atoms with E-state index >= 15 is 0 Å². The lowest BCUT2D eigenvalue weighted by atomic mass is 9.78. The minimum Gasteiger partial charge on any atom is -0.480 e. The number of benzene rings is 1. The van der Waals surface area contributed by atoms with Crippen LogP contribution in [-0.2, 0) is 10.3 Å². The van der Waals surface area contributed by atoms with Crippen LogP contribution >= 0.6 is 0 Å². The normalized spacial score (nSPS) is 33.5. The largest absolute Gasteiger partial charge is 0.480 e. The highest BCUT2D eigenvalue weighted by Gasteiger charge is 2.50. The summed E-state index contributed by atoms with van der Waals surface area (Å²) in [4.78, 5) is 3.98. The van der Waals surface area contributed by atoms with Crippen LogP contribution in [0.15, 0.2) is 29.3 Å². The third kappa shape index (κ3) is 1.49. The summed E-state index contributed by atoms with van der Waals surface area (Å²) in [7, 11) is 0. The SMILES string of the molecule is C[C@]1(F)COC=N[C@]1(C)c1ccccc1F. The van der Waals surface area contributed by atoms with E-state index in [2.05, 4.69) is 4.99 Å². The predicted molar refractivity (Wildman–Crippen MR) is 57.7 cm³/mol. The van der Waals surface area contributed by atoms with Gasteiger partial charge >= 0.3 is 0 Å². The van der Waals surface area contributed by atoms with E-state index in [0.717, 1.165) is 0 Å². The van der Waals surface area contributed by atoms with Gasteiger partial charge in [-0.2, -0.15) is 0 Å². The summed E-state index contributed by atoms with van der Waals surface area (Å²) >= 11 is 0. The maximum Gasteiger partial charge on any atom is 0.171 e. The number of aliphatic imine (C=N–C) groups is 1. The van der Waals surface area contributed by atoms with Crippen molar-refractivity contribution in [2.24, 2.45) is 4.99 Å². The van der Waals surface area contributed by atoms with Crippen LogP contribution in [0.1, 0.15) is 19.4 Å². The van der Waals surface area contributed by atoms with Crippen molar-refractivity contribution in [2.45, 2.75) is 25.1 Å². The van der Waals surface area contributed by atoms with Gasteiger partial charge in [0.1, 0.15) is 18.0 Å². The van der Waals surface area contributed by atoms with Gasteiger partial charge in [-0.1, -0.05) is 18.2 Å². The minimum absolute atomic E-state index is 0.124. The van der Waals surface area contributed by atoms with Crippen LogP contribution in [0.25, 0.3) is 0 Å². The Morgan fingerprint density at radius 3 is 2.62 bits per heavy atom. The van der Waals surface area contributed by atoms with Crippen molar-refractivity contribution < 1.29 is 13.5 Å². The van der Waals surface area contributed by atoms with Gasteiger partial charge in [0.05, 0.1) is 0 Å². The zero-order chi connectivity index (χ0) is 11.8. The van der Waals surface area contributed by atoms with Crippen molar-refractivity contribution in [3.05, 3.63) is 35.6 Å². The molecule has 0 saturated carbocycles. The van der Waals surface area contributed by atoms with Gasteiger partial charge < -0.3 is 4.74 Å². The standard InChI is InChI=1S/C12H13F2NO/c1-11(14)7-16-8-15-12(11,2)9-5-3-4-6-10(9)13/h3-6,8H,7H2,1-2H3/t11-,12+/m0/s1. The maximum atomic E-state index is 14.4. The summed E-state index contributed by atoms with van der Waals surface area (Å²) in [6, 6.07) is 6.10. The summed E-state index contributed by atoms with van der Waals surface area (Å²) in [6.07, 6.45) is 1.19. The molecule has 1 aromatic carbocycles. The molecule has 0 amide bonds. The highest BCUT2D eigenvalue weighted by atomic mass is 19.1. The van der Waals surface area contributed by atoms with Crippen LogP contribution in [0.5, 0.6) is 0 Å². The molecule has 2 nitrogen and oxygen atoms in total. The van der Waals surface area contributed by atoms with Crippen molar-refractivity contribution in [3.8, 4) is 0 Å². The van der Waals surface area contributed by atoms with E-state index in [1.807, 2.05) is 0 Å². The molecule has 0 aliphatic carbocycles. The second-order valence-corrected chi connectivity index (χ2v) is 4.30. The smallest absolute Gasteiger partial charge is 0.171 e. The monoisotopic (exact) mass is 225 g/mol. The molecule has 0 aromatic heterocycles. The Hall–Kier alpha value is -1.45. The molecule has 1 heterocycles. The fourth-order valence-electron chi connectivity index (χ4n) is 1.82. The van der Waals surface area contributed by atoms with E-state index in [9.17, 15) is 8.78 Å². The quantitative estimate of drug-likeness (QED) is 0.720. The Morgan fingerprint density at radius 2 is 2.00 bits per heavy atom. The van der Waals surface area contributed by atoms with E-state index in [0.29, 0.717) is 0 Å². The maximum absolute atomic E-state index is 14.4. The average molecular weight is 225 g/mol. The Labute approximate surface area is 93.0 Å². The lowest BCUT2D eigenvalue weighted by Gasteiger charge is -2.39. The van der Waals surface area contributed by atoms with Crippen molar-refractivity contribution in [2.75, 3.05) is 6.61 Å². The molecular weight excluding hydrogens is 212 g/mol. The first kappa shape index (κ1) is 11.0. The van der Waals surface area contributed by atoms with Crippen LogP contribution in [0, 0.1) is 5.82 Å². The van der Waals surface area contributed by atoms with E-state index in [1.165, 1.54) is 19.4 Å². The Morgan fingerprint density at radius 1 is 1.31 bits per heavy atom. The molecule has 0 spiro atoms. The molecule has 0 bridgehead atoms. The van der Waals surface area contributed by atoms with Crippen LogP contribution in [-0.4, -0.2) is 18.7 Å². The third-order valence-corrected chi connectivity index (χ3v) is 3.15. The van der Waals surface area contributed by atoms with Crippen LogP contribution in [0.3, 0.4) is 0 Å². The van der Waals surface area contributed by atoms with E-state index in [-0.39, 0.29) is 12.2 Å². The first-order valence-electron chi connectivity index (χ1n) is 5.07. The highest BCUT2D eigenvalue weighted by molar-refractivity contribution is 5.51. The van der Waals surface area contributed by atoms with Crippen molar-refractivity contribution >= 4 is 6.40 Å². The van der Waals surface area contributed by atoms with E-state index in [1.54, 1.807) is 25.1 Å². The number of nitrogens with zero attached hydrogens (tertiary/aromatic N) is 1. The molecule has 2 rings (SSSR count). The number of hydrogen-bond donors (Lipinski definition) is 0. The van der Waals surface area contributed by atoms with Gasteiger partial charge in [0.15, 0.2) is 12.1 Å². The molecule has 1 aromatic rings. The minimum atomic E-state index is -1.73. The molecule has 0 N–H and O–H groups in total. The van der Waals surface area contributed by atoms with Gasteiger partial charge in [0.25, 0.3) is 0 Å². The number of alkyl halides is 1. The molecule has 0 radical (unpaired) electrons. The summed E-state index contributed by atoms with van der Waals surface area (Å²) < 4.78 is 32.9. The fourth-order valence-corrected chi connectivity index (χ4v) is 1.82. The van der Waals surface area contributed by atoms with Crippen LogP contribution in [0.4, 0.5) is 8.78 Å². The molecule has 0 unspecified atom stereocenters. The first-order chi connectivity index (χ1) is 7.47. The zero-order valence-corrected chi connectivity index (χ0v) is 9.21. The lowest BCUT2D eigenvalue weighted by molar-refractivity contribution is 0.00978. The third-order valence-electron chi connectivity index (χ3n) is 3.15. The first-order valence-corrected chi connectivity index (χ1v) is 5.07. The van der Waals surface area contributed by atoms with Gasteiger partial charge in [-0.05, 0) is 19.9 Å². The molecule has 4 heteroatoms. The Bertz CT molecular complexity index is 431. The second-order valence-electron chi connectivity index (χ2n) is 4.30. The van der Waals surface area contributed by atoms with E-state index in [4.69, 9.17) is 4.74 Å². The lowest BCUT2D eigenvalue weighted by Crippen LogP contribution is -2.49. The Balaban J connectivity index is 2.57. The molecule has 1 aliphatic heterocycles. The fraction of sp³-hybridized carbons (Fsp3) is 0.417. The van der Waals surface area contributed by atoms with E-state index < -0.39 is 17.0 Å². The summed E-state index contributed by atoms with van der Waals surface area (Å²) in [5.41, 5.74) is -2.72. The van der Waals surface area contributed by atoms with Gasteiger partial charge in [0, 0.05) is 5.56 Å².